The Labute approximate surface area is 196 Å². The highest BCUT2D eigenvalue weighted by Crippen LogP contribution is 2.66. The lowest BCUT2D eigenvalue weighted by molar-refractivity contribution is -0.490. The van der Waals surface area contributed by atoms with Crippen molar-refractivity contribution >= 4 is 5.78 Å². The van der Waals surface area contributed by atoms with Crippen LogP contribution >= 0.6 is 0 Å². The van der Waals surface area contributed by atoms with Crippen molar-refractivity contribution in [1.82, 2.24) is 9.78 Å². The SMILES string of the molecule is CC1CCC2C(CCC3C2CCC2(C)C(C(=O)Cn4cc(C#N)cn4)CC(C[N+](=O)[O-])C32)C1. The van der Waals surface area contributed by atoms with Crippen LogP contribution in [0.1, 0.15) is 70.8 Å². The van der Waals surface area contributed by atoms with Gasteiger partial charge < -0.3 is 0 Å². The van der Waals surface area contributed by atoms with Gasteiger partial charge in [-0.25, -0.2) is 0 Å². The molecule has 4 aliphatic rings. The van der Waals surface area contributed by atoms with E-state index in [9.17, 15) is 14.9 Å². The van der Waals surface area contributed by atoms with Crippen LogP contribution in [0, 0.1) is 74.2 Å². The van der Waals surface area contributed by atoms with Gasteiger partial charge in [-0.15, -0.1) is 0 Å². The highest BCUT2D eigenvalue weighted by atomic mass is 16.6. The van der Waals surface area contributed by atoms with Crippen LogP contribution in [0.5, 0.6) is 0 Å². The molecule has 0 aliphatic heterocycles. The van der Waals surface area contributed by atoms with E-state index in [1.807, 2.05) is 0 Å². The van der Waals surface area contributed by atoms with Crippen molar-refractivity contribution in [3.05, 3.63) is 28.1 Å². The Balaban J connectivity index is 1.40. The first-order valence-electron chi connectivity index (χ1n) is 12.9. The molecule has 9 unspecified atom stereocenters. The monoisotopic (exact) mass is 452 g/mol. The molecule has 0 N–H and O–H groups in total. The third-order valence-corrected chi connectivity index (χ3v) is 10.2. The Hall–Kier alpha value is -2.23. The van der Waals surface area contributed by atoms with Crippen LogP contribution in [0.2, 0.25) is 0 Å². The van der Waals surface area contributed by atoms with E-state index in [0.717, 1.165) is 24.2 Å². The first-order chi connectivity index (χ1) is 15.8. The first-order valence-corrected chi connectivity index (χ1v) is 12.9. The van der Waals surface area contributed by atoms with Crippen LogP contribution in [0.25, 0.3) is 0 Å². The number of Topliss-reactive ketones (excluding diaryl/α,β-unsaturated/α-hetero) is 1. The second kappa shape index (κ2) is 8.52. The lowest BCUT2D eigenvalue weighted by Crippen LogP contribution is -2.51. The quantitative estimate of drug-likeness (QED) is 0.475. The lowest BCUT2D eigenvalue weighted by Gasteiger charge is -2.56. The van der Waals surface area contributed by atoms with Gasteiger partial charge in [0, 0.05) is 23.0 Å². The summed E-state index contributed by atoms with van der Waals surface area (Å²) in [6.07, 6.45) is 12.3. The van der Waals surface area contributed by atoms with Crippen molar-refractivity contribution in [2.45, 2.75) is 71.8 Å². The fourth-order valence-electron chi connectivity index (χ4n) is 9.03. The van der Waals surface area contributed by atoms with Crippen LogP contribution in [-0.4, -0.2) is 27.0 Å². The van der Waals surface area contributed by atoms with Gasteiger partial charge in [-0.05, 0) is 85.9 Å². The van der Waals surface area contributed by atoms with Gasteiger partial charge in [0.1, 0.15) is 6.07 Å². The predicted octanol–water partition coefficient (Wildman–Crippen LogP) is 4.73. The number of nitrogens with zero attached hydrogens (tertiary/aromatic N) is 4. The van der Waals surface area contributed by atoms with E-state index in [-0.39, 0.29) is 47.0 Å². The molecule has 7 heteroatoms. The number of carbonyl (C=O) groups is 1. The molecule has 33 heavy (non-hydrogen) atoms. The molecular weight excluding hydrogens is 416 g/mol. The number of hydrogen-bond acceptors (Lipinski definition) is 5. The zero-order chi connectivity index (χ0) is 23.3. The molecule has 0 radical (unpaired) electrons. The molecule has 0 bridgehead atoms. The molecule has 0 spiro atoms. The Morgan fingerprint density at radius 1 is 1.24 bits per heavy atom. The molecule has 0 amide bonds. The molecular formula is C26H36N4O3. The van der Waals surface area contributed by atoms with Crippen LogP contribution < -0.4 is 0 Å². The molecule has 1 aromatic heterocycles. The zero-order valence-electron chi connectivity index (χ0n) is 19.9. The van der Waals surface area contributed by atoms with Crippen molar-refractivity contribution in [1.29, 1.82) is 5.26 Å². The van der Waals surface area contributed by atoms with Crippen LogP contribution in [0.15, 0.2) is 12.4 Å². The van der Waals surface area contributed by atoms with Gasteiger partial charge in [0.05, 0.1) is 18.3 Å². The normalized spacial score (nSPS) is 42.0. The standard InChI is InChI=1S/C26H36N4O3/c1-16-3-5-20-18(9-16)4-6-22-21(20)7-8-26(2)23(10-19(25(22)26)14-30(32)33)24(31)15-29-13-17(11-27)12-28-29/h12-13,16,18-23,25H,3-10,14-15H2,1-2H3. The van der Waals surface area contributed by atoms with E-state index < -0.39 is 0 Å². The van der Waals surface area contributed by atoms with Crippen molar-refractivity contribution in [3.8, 4) is 6.07 Å². The fourth-order valence-corrected chi connectivity index (χ4v) is 9.03. The van der Waals surface area contributed by atoms with E-state index in [4.69, 9.17) is 5.26 Å². The number of carbonyl (C=O) groups excluding carboxylic acids is 1. The summed E-state index contributed by atoms with van der Waals surface area (Å²) in [5.41, 5.74) is 0.280. The number of nitriles is 1. The minimum atomic E-state index is -0.168. The number of rotatable bonds is 5. The molecule has 4 fully saturated rings. The van der Waals surface area contributed by atoms with Crippen molar-refractivity contribution in [2.24, 2.45) is 52.8 Å². The number of ketones is 1. The van der Waals surface area contributed by atoms with Crippen LogP contribution in [0.3, 0.4) is 0 Å². The Kier molecular flexibility index (Phi) is 5.83. The van der Waals surface area contributed by atoms with Crippen LogP contribution in [0.4, 0.5) is 0 Å². The highest BCUT2D eigenvalue weighted by Gasteiger charge is 2.62. The Bertz CT molecular complexity index is 967. The molecule has 4 saturated carbocycles. The maximum atomic E-state index is 13.5. The molecule has 7 nitrogen and oxygen atoms in total. The second-order valence-electron chi connectivity index (χ2n) is 11.9. The fraction of sp³-hybridized carbons (Fsp3) is 0.808. The summed E-state index contributed by atoms with van der Waals surface area (Å²) in [5.74, 6) is 3.87. The van der Waals surface area contributed by atoms with Gasteiger partial charge in [0.15, 0.2) is 5.78 Å². The molecule has 0 aromatic carbocycles. The molecule has 5 rings (SSSR count). The van der Waals surface area contributed by atoms with Gasteiger partial charge in [-0.1, -0.05) is 20.3 Å². The number of fused-ring (bicyclic) bond motifs is 5. The van der Waals surface area contributed by atoms with E-state index in [2.05, 4.69) is 25.0 Å². The van der Waals surface area contributed by atoms with E-state index in [0.29, 0.717) is 23.8 Å². The topological polar surface area (TPSA) is 102 Å². The molecule has 9 atom stereocenters. The average Bonchev–Trinajstić information content (AvgIpc) is 3.34. The third-order valence-electron chi connectivity index (χ3n) is 10.2. The van der Waals surface area contributed by atoms with Crippen LogP contribution in [-0.2, 0) is 11.3 Å². The van der Waals surface area contributed by atoms with Crippen molar-refractivity contribution < 1.29 is 9.72 Å². The maximum absolute atomic E-state index is 13.5. The summed E-state index contributed by atoms with van der Waals surface area (Å²) in [4.78, 5) is 25.0. The molecule has 4 aliphatic carbocycles. The Morgan fingerprint density at radius 2 is 2.03 bits per heavy atom. The third kappa shape index (κ3) is 3.90. The maximum Gasteiger partial charge on any atom is 0.207 e. The van der Waals surface area contributed by atoms with Gasteiger partial charge in [-0.2, -0.15) is 10.4 Å². The van der Waals surface area contributed by atoms with Crippen molar-refractivity contribution in [2.75, 3.05) is 6.54 Å². The summed E-state index contributed by atoms with van der Waals surface area (Å²) < 4.78 is 1.56. The zero-order valence-corrected chi connectivity index (χ0v) is 19.9. The molecule has 0 saturated heterocycles. The van der Waals surface area contributed by atoms with Gasteiger partial charge >= 0.3 is 0 Å². The summed E-state index contributed by atoms with van der Waals surface area (Å²) in [7, 11) is 0. The number of hydrogen-bond donors (Lipinski definition) is 0. The minimum absolute atomic E-state index is 0.0151. The number of nitro groups is 1. The summed E-state index contributed by atoms with van der Waals surface area (Å²) in [5, 5.41) is 24.9. The number of aromatic nitrogens is 2. The summed E-state index contributed by atoms with van der Waals surface area (Å²) in [6, 6.07) is 2.06. The van der Waals surface area contributed by atoms with E-state index >= 15 is 0 Å². The average molecular weight is 453 g/mol. The molecule has 178 valence electrons. The molecule has 1 heterocycles. The van der Waals surface area contributed by atoms with Gasteiger partial charge in [-0.3, -0.25) is 19.6 Å². The van der Waals surface area contributed by atoms with Gasteiger partial charge in [0.25, 0.3) is 0 Å². The predicted molar refractivity (Wildman–Crippen MR) is 122 cm³/mol. The molecule has 1 aromatic rings. The van der Waals surface area contributed by atoms with Gasteiger partial charge in [0.2, 0.25) is 6.54 Å². The van der Waals surface area contributed by atoms with E-state index in [1.165, 1.54) is 44.7 Å². The highest BCUT2D eigenvalue weighted by molar-refractivity contribution is 5.82. The second-order valence-corrected chi connectivity index (χ2v) is 11.9. The smallest absolute Gasteiger partial charge is 0.207 e. The lowest BCUT2D eigenvalue weighted by atomic mass is 9.48. The summed E-state index contributed by atoms with van der Waals surface area (Å²) >= 11 is 0. The largest absolute Gasteiger partial charge is 0.297 e. The first kappa shape index (κ1) is 22.6. The Morgan fingerprint density at radius 3 is 2.76 bits per heavy atom. The minimum Gasteiger partial charge on any atom is -0.297 e. The van der Waals surface area contributed by atoms with Crippen molar-refractivity contribution in [3.63, 3.8) is 0 Å². The summed E-state index contributed by atoms with van der Waals surface area (Å²) in [6.45, 7) is 4.78. The van der Waals surface area contributed by atoms with E-state index in [1.54, 1.807) is 10.9 Å².